The summed E-state index contributed by atoms with van der Waals surface area (Å²) in [5.74, 6) is 1.90. The van der Waals surface area contributed by atoms with Gasteiger partial charge in [-0.3, -0.25) is 0 Å². The number of hydrogen-bond acceptors (Lipinski definition) is 3. The van der Waals surface area contributed by atoms with Crippen molar-refractivity contribution in [1.82, 2.24) is 9.88 Å². The van der Waals surface area contributed by atoms with Crippen LogP contribution in [0.2, 0.25) is 0 Å². The number of aryl methyl sites for hydroxylation is 1. The summed E-state index contributed by atoms with van der Waals surface area (Å²) in [5.41, 5.74) is 4.82. The molecule has 0 saturated carbocycles. The minimum Gasteiger partial charge on any atom is -0.492 e. The predicted molar refractivity (Wildman–Crippen MR) is 130 cm³/mol. The van der Waals surface area contributed by atoms with Gasteiger partial charge < -0.3 is 19.4 Å². The highest BCUT2D eigenvalue weighted by Gasteiger charge is 2.28. The molecular weight excluding hydrogens is 384 g/mol. The summed E-state index contributed by atoms with van der Waals surface area (Å²) in [6.07, 6.45) is 0. The smallest absolute Gasteiger partial charge is 0.144 e. The van der Waals surface area contributed by atoms with Crippen LogP contribution < -0.4 is 14.8 Å². The second-order valence-electron chi connectivity index (χ2n) is 7.62. The van der Waals surface area contributed by atoms with Crippen LogP contribution in [0.5, 0.6) is 11.5 Å². The number of rotatable bonds is 6. The third-order valence-electron chi connectivity index (χ3n) is 5.67. The summed E-state index contributed by atoms with van der Waals surface area (Å²) >= 11 is 0. The number of hydrogen-bond donors (Lipinski definition) is 1. The lowest BCUT2D eigenvalue weighted by Crippen LogP contribution is -2.22. The molecule has 1 N–H and O–H groups in total. The molecule has 160 valence electrons. The van der Waals surface area contributed by atoms with Gasteiger partial charge in [-0.1, -0.05) is 43.3 Å². The number of aromatic nitrogens is 1. The molecule has 4 nitrogen and oxygen atoms in total. The average molecular weight is 415 g/mol. The molecule has 0 spiro atoms. The van der Waals surface area contributed by atoms with E-state index in [-0.39, 0.29) is 6.04 Å². The van der Waals surface area contributed by atoms with Crippen LogP contribution in [-0.2, 0) is 0 Å². The van der Waals surface area contributed by atoms with E-state index < -0.39 is 0 Å². The lowest BCUT2D eigenvalue weighted by molar-refractivity contribution is 0.262. The molecule has 0 radical (unpaired) electrons. The Morgan fingerprint density at radius 1 is 1.10 bits per heavy atom. The molecule has 0 aliphatic carbocycles. The fourth-order valence-corrected chi connectivity index (χ4v) is 4.42. The Labute approximate surface area is 184 Å². The standard InChI is InChI=1S/C25H26N2O2.C2H4/c1-3-26-12-13-28-22-11-7-10-20-24(22)19-14-17(2)15-23-25(19)27(20)21(16-29-23)18-8-5-4-6-9-18;1-2/h4-11,14-15,21,26H,3,12-13,16H2,1-2H3;1-2H2. The number of nitrogens with one attached hydrogen (secondary N) is 1. The molecule has 0 amide bonds. The van der Waals surface area contributed by atoms with Crippen molar-refractivity contribution in [3.63, 3.8) is 0 Å². The molecule has 0 bridgehead atoms. The zero-order valence-corrected chi connectivity index (χ0v) is 18.4. The van der Waals surface area contributed by atoms with Gasteiger partial charge in [-0.05, 0) is 48.9 Å². The van der Waals surface area contributed by atoms with E-state index in [0.717, 1.165) is 30.1 Å². The maximum Gasteiger partial charge on any atom is 0.144 e. The summed E-state index contributed by atoms with van der Waals surface area (Å²) in [6, 6.07) is 21.5. The van der Waals surface area contributed by atoms with E-state index in [1.807, 2.05) is 0 Å². The first-order valence-corrected chi connectivity index (χ1v) is 10.9. The van der Waals surface area contributed by atoms with Crippen LogP contribution in [0.15, 0.2) is 73.8 Å². The molecule has 31 heavy (non-hydrogen) atoms. The molecule has 4 aromatic rings. The highest BCUT2D eigenvalue weighted by atomic mass is 16.5. The molecule has 1 aromatic heterocycles. The van der Waals surface area contributed by atoms with Gasteiger partial charge in [-0.25, -0.2) is 0 Å². The second kappa shape index (κ2) is 9.27. The molecule has 2 heterocycles. The summed E-state index contributed by atoms with van der Waals surface area (Å²) in [7, 11) is 0. The Morgan fingerprint density at radius 3 is 2.68 bits per heavy atom. The SMILES string of the molecule is C=C.CCNCCOc1cccc2c1c1cc(C)cc3c1n2C(c1ccccc1)CO3. The van der Waals surface area contributed by atoms with Crippen LogP contribution in [0.4, 0.5) is 0 Å². The van der Waals surface area contributed by atoms with Gasteiger partial charge in [-0.15, -0.1) is 13.2 Å². The first kappa shape index (κ1) is 21.0. The minimum absolute atomic E-state index is 0.142. The third-order valence-corrected chi connectivity index (χ3v) is 5.67. The first-order chi connectivity index (χ1) is 15.3. The van der Waals surface area contributed by atoms with Crippen molar-refractivity contribution in [1.29, 1.82) is 0 Å². The molecule has 1 aliphatic heterocycles. The maximum atomic E-state index is 6.25. The molecule has 0 saturated heterocycles. The van der Waals surface area contributed by atoms with E-state index in [0.29, 0.717) is 13.2 Å². The molecule has 5 rings (SSSR count). The van der Waals surface area contributed by atoms with Gasteiger partial charge in [0.15, 0.2) is 0 Å². The van der Waals surface area contributed by atoms with Gasteiger partial charge in [-0.2, -0.15) is 0 Å². The van der Waals surface area contributed by atoms with Gasteiger partial charge >= 0.3 is 0 Å². The van der Waals surface area contributed by atoms with Crippen LogP contribution in [0, 0.1) is 6.92 Å². The molecule has 0 fully saturated rings. The summed E-state index contributed by atoms with van der Waals surface area (Å²) in [5, 5.41) is 5.71. The lowest BCUT2D eigenvalue weighted by atomic mass is 10.1. The fourth-order valence-electron chi connectivity index (χ4n) is 4.42. The van der Waals surface area contributed by atoms with Crippen LogP contribution >= 0.6 is 0 Å². The first-order valence-electron chi connectivity index (χ1n) is 10.9. The van der Waals surface area contributed by atoms with E-state index in [2.05, 4.69) is 97.6 Å². The minimum atomic E-state index is 0.142. The van der Waals surface area contributed by atoms with Crippen molar-refractivity contribution < 1.29 is 9.47 Å². The van der Waals surface area contributed by atoms with Gasteiger partial charge in [0.05, 0.1) is 17.1 Å². The maximum absolute atomic E-state index is 6.25. The number of likely N-dealkylation sites (N-methyl/N-ethyl adjacent to an activating group) is 1. The summed E-state index contributed by atoms with van der Waals surface area (Å²) in [4.78, 5) is 0. The van der Waals surface area contributed by atoms with Crippen LogP contribution in [-0.4, -0.2) is 30.9 Å². The lowest BCUT2D eigenvalue weighted by Gasteiger charge is -2.27. The van der Waals surface area contributed by atoms with Crippen LogP contribution in [0.1, 0.15) is 24.1 Å². The van der Waals surface area contributed by atoms with Crippen molar-refractivity contribution in [3.05, 3.63) is 84.9 Å². The largest absolute Gasteiger partial charge is 0.492 e. The van der Waals surface area contributed by atoms with E-state index in [1.165, 1.54) is 27.4 Å². The molecular formula is C27H30N2O2. The van der Waals surface area contributed by atoms with Crippen molar-refractivity contribution >= 4 is 21.8 Å². The number of nitrogens with zero attached hydrogens (tertiary/aromatic N) is 1. The fraction of sp³-hybridized carbons (Fsp3) is 0.259. The van der Waals surface area contributed by atoms with Gasteiger partial charge in [0.2, 0.25) is 0 Å². The third kappa shape index (κ3) is 3.79. The highest BCUT2D eigenvalue weighted by Crippen LogP contribution is 2.45. The monoisotopic (exact) mass is 414 g/mol. The Balaban J connectivity index is 0.00000112. The normalized spacial score (nSPS) is 14.7. The van der Waals surface area contributed by atoms with E-state index >= 15 is 0 Å². The van der Waals surface area contributed by atoms with Gasteiger partial charge in [0, 0.05) is 17.3 Å². The molecule has 4 heteroatoms. The zero-order valence-electron chi connectivity index (χ0n) is 18.4. The Bertz CT molecular complexity index is 1180. The number of fused-ring (bicyclic) bond motifs is 3. The Morgan fingerprint density at radius 2 is 1.90 bits per heavy atom. The zero-order chi connectivity index (χ0) is 21.8. The van der Waals surface area contributed by atoms with Gasteiger partial charge in [0.1, 0.15) is 24.7 Å². The molecule has 1 unspecified atom stereocenters. The van der Waals surface area contributed by atoms with Crippen molar-refractivity contribution in [2.45, 2.75) is 19.9 Å². The number of benzene rings is 3. The van der Waals surface area contributed by atoms with Crippen LogP contribution in [0.3, 0.4) is 0 Å². The predicted octanol–water partition coefficient (Wildman–Crippen LogP) is 5.88. The summed E-state index contributed by atoms with van der Waals surface area (Å²) in [6.45, 7) is 13.3. The van der Waals surface area contributed by atoms with Crippen molar-refractivity contribution in [2.75, 3.05) is 26.3 Å². The van der Waals surface area contributed by atoms with E-state index in [4.69, 9.17) is 9.47 Å². The van der Waals surface area contributed by atoms with E-state index in [9.17, 15) is 0 Å². The summed E-state index contributed by atoms with van der Waals surface area (Å²) < 4.78 is 14.9. The second-order valence-corrected chi connectivity index (χ2v) is 7.62. The van der Waals surface area contributed by atoms with Gasteiger partial charge in [0.25, 0.3) is 0 Å². The van der Waals surface area contributed by atoms with Crippen molar-refractivity contribution in [2.24, 2.45) is 0 Å². The topological polar surface area (TPSA) is 35.4 Å². The Kier molecular flexibility index (Phi) is 6.28. The molecule has 3 aromatic carbocycles. The molecule has 1 aliphatic rings. The quantitative estimate of drug-likeness (QED) is 0.316. The average Bonchev–Trinajstić information content (AvgIpc) is 3.15. The molecule has 1 atom stereocenters. The van der Waals surface area contributed by atoms with Crippen molar-refractivity contribution in [3.8, 4) is 11.5 Å². The number of ether oxygens (including phenoxy) is 2. The highest BCUT2D eigenvalue weighted by molar-refractivity contribution is 6.13. The Hall–Kier alpha value is -3.24. The van der Waals surface area contributed by atoms with E-state index in [1.54, 1.807) is 0 Å². The van der Waals surface area contributed by atoms with Crippen LogP contribution in [0.25, 0.3) is 21.8 Å².